The van der Waals surface area contributed by atoms with Gasteiger partial charge in [-0.05, 0) is 50.2 Å². The third kappa shape index (κ3) is 2.95. The molecule has 1 aromatic rings. The van der Waals surface area contributed by atoms with E-state index in [0.29, 0.717) is 0 Å². The Hall–Kier alpha value is -1.06. The molecule has 0 spiro atoms. The second-order valence-corrected chi connectivity index (χ2v) is 6.50. The maximum Gasteiger partial charge on any atom is 0.233 e. The van der Waals surface area contributed by atoms with Gasteiger partial charge in [0.1, 0.15) is 0 Å². The van der Waals surface area contributed by atoms with Crippen molar-refractivity contribution in [1.29, 1.82) is 0 Å². The number of halogens is 1. The highest BCUT2D eigenvalue weighted by Crippen LogP contribution is 2.38. The Labute approximate surface area is 133 Å². The van der Waals surface area contributed by atoms with Crippen molar-refractivity contribution in [2.24, 2.45) is 5.73 Å². The SMILES string of the molecule is CC1(C(=O)N2CCCC(N)C2)CCCc2ccccc21.Cl. The van der Waals surface area contributed by atoms with E-state index in [1.54, 1.807) is 0 Å². The second-order valence-electron chi connectivity index (χ2n) is 6.50. The van der Waals surface area contributed by atoms with Crippen molar-refractivity contribution < 1.29 is 4.79 Å². The summed E-state index contributed by atoms with van der Waals surface area (Å²) in [6, 6.07) is 8.58. The minimum absolute atomic E-state index is 0. The van der Waals surface area contributed by atoms with Crippen molar-refractivity contribution in [2.75, 3.05) is 13.1 Å². The number of hydrogen-bond acceptors (Lipinski definition) is 2. The van der Waals surface area contributed by atoms with Gasteiger partial charge >= 0.3 is 0 Å². The number of benzene rings is 1. The van der Waals surface area contributed by atoms with Crippen molar-refractivity contribution in [3.05, 3.63) is 35.4 Å². The maximum atomic E-state index is 13.1. The van der Waals surface area contributed by atoms with Crippen LogP contribution >= 0.6 is 12.4 Å². The number of nitrogens with two attached hydrogens (primary N) is 1. The Kier molecular flexibility index (Phi) is 4.95. The van der Waals surface area contributed by atoms with E-state index in [1.807, 2.05) is 4.90 Å². The Balaban J connectivity index is 0.00000161. The monoisotopic (exact) mass is 308 g/mol. The van der Waals surface area contributed by atoms with Crippen molar-refractivity contribution >= 4 is 18.3 Å². The predicted molar refractivity (Wildman–Crippen MR) is 87.8 cm³/mol. The number of fused-ring (bicyclic) bond motifs is 1. The lowest BCUT2D eigenvalue weighted by Gasteiger charge is -2.41. The highest BCUT2D eigenvalue weighted by atomic mass is 35.5. The van der Waals surface area contributed by atoms with Gasteiger partial charge in [0.2, 0.25) is 5.91 Å². The molecule has 1 saturated heterocycles. The van der Waals surface area contributed by atoms with Crippen LogP contribution in [0.1, 0.15) is 43.7 Å². The second kappa shape index (κ2) is 6.37. The van der Waals surface area contributed by atoms with Crippen LogP contribution in [0.15, 0.2) is 24.3 Å². The zero-order chi connectivity index (χ0) is 14.2. The fraction of sp³-hybridized carbons (Fsp3) is 0.588. The van der Waals surface area contributed by atoms with E-state index >= 15 is 0 Å². The molecule has 2 N–H and O–H groups in total. The summed E-state index contributed by atoms with van der Waals surface area (Å²) in [5, 5.41) is 0. The zero-order valence-corrected chi connectivity index (χ0v) is 13.5. The van der Waals surface area contributed by atoms with E-state index in [9.17, 15) is 4.79 Å². The first kappa shape index (κ1) is 16.3. The van der Waals surface area contributed by atoms with Crippen LogP contribution in [0.4, 0.5) is 0 Å². The molecule has 1 aliphatic carbocycles. The molecule has 3 nitrogen and oxygen atoms in total. The number of carbonyl (C=O) groups excluding carboxylic acids is 1. The van der Waals surface area contributed by atoms with Gasteiger partial charge in [0.15, 0.2) is 0 Å². The Bertz CT molecular complexity index is 519. The smallest absolute Gasteiger partial charge is 0.233 e. The number of rotatable bonds is 1. The molecule has 1 aromatic carbocycles. The van der Waals surface area contributed by atoms with Gasteiger partial charge in [0, 0.05) is 19.1 Å². The number of carbonyl (C=O) groups is 1. The molecule has 1 amide bonds. The molecule has 1 heterocycles. The molecule has 0 aromatic heterocycles. The lowest BCUT2D eigenvalue weighted by atomic mass is 9.70. The van der Waals surface area contributed by atoms with Crippen LogP contribution in [0, 0.1) is 0 Å². The fourth-order valence-electron chi connectivity index (χ4n) is 3.81. The third-order valence-corrected chi connectivity index (χ3v) is 4.95. The molecular weight excluding hydrogens is 284 g/mol. The van der Waals surface area contributed by atoms with Gasteiger partial charge in [-0.25, -0.2) is 0 Å². The van der Waals surface area contributed by atoms with Crippen molar-refractivity contribution in [3.8, 4) is 0 Å². The number of likely N-dealkylation sites (tertiary alicyclic amines) is 1. The number of nitrogens with zero attached hydrogens (tertiary/aromatic N) is 1. The molecule has 1 fully saturated rings. The van der Waals surface area contributed by atoms with Crippen LogP contribution in [-0.4, -0.2) is 29.9 Å². The summed E-state index contributed by atoms with van der Waals surface area (Å²) in [6.45, 7) is 3.70. The largest absolute Gasteiger partial charge is 0.340 e. The Morgan fingerprint density at radius 1 is 1.33 bits per heavy atom. The lowest BCUT2D eigenvalue weighted by molar-refractivity contribution is -0.138. The van der Waals surface area contributed by atoms with Gasteiger partial charge in [-0.2, -0.15) is 0 Å². The summed E-state index contributed by atoms with van der Waals surface area (Å²) in [5.74, 6) is 0.278. The van der Waals surface area contributed by atoms with Crippen LogP contribution < -0.4 is 5.73 Å². The summed E-state index contributed by atoms with van der Waals surface area (Å²) < 4.78 is 0. The van der Waals surface area contributed by atoms with Gasteiger partial charge in [-0.1, -0.05) is 24.3 Å². The van der Waals surface area contributed by atoms with Crippen molar-refractivity contribution in [1.82, 2.24) is 4.90 Å². The fourth-order valence-corrected chi connectivity index (χ4v) is 3.81. The van der Waals surface area contributed by atoms with Crippen LogP contribution in [0.2, 0.25) is 0 Å². The summed E-state index contributed by atoms with van der Waals surface area (Å²) in [7, 11) is 0. The quantitative estimate of drug-likeness (QED) is 0.867. The molecular formula is C17H25ClN2O. The molecule has 2 unspecified atom stereocenters. The van der Waals surface area contributed by atoms with Gasteiger partial charge in [0.25, 0.3) is 0 Å². The number of aryl methyl sites for hydroxylation is 1. The zero-order valence-electron chi connectivity index (χ0n) is 12.7. The average Bonchev–Trinajstić information content (AvgIpc) is 2.47. The minimum Gasteiger partial charge on any atom is -0.340 e. The lowest BCUT2D eigenvalue weighted by Crippen LogP contribution is -2.52. The molecule has 0 radical (unpaired) electrons. The number of piperidine rings is 1. The van der Waals surface area contributed by atoms with E-state index in [4.69, 9.17) is 5.73 Å². The van der Waals surface area contributed by atoms with Crippen LogP contribution in [0.3, 0.4) is 0 Å². The molecule has 3 rings (SSSR count). The standard InChI is InChI=1S/C17H24N2O.ClH/c1-17(16(20)19-11-5-8-14(18)12-19)10-4-7-13-6-2-3-9-15(13)17;/h2-3,6,9,14H,4-5,7-8,10-12,18H2,1H3;1H. The predicted octanol–water partition coefficient (Wildman–Crippen LogP) is 2.65. The third-order valence-electron chi connectivity index (χ3n) is 4.95. The van der Waals surface area contributed by atoms with Gasteiger partial charge in [-0.15, -0.1) is 12.4 Å². The molecule has 21 heavy (non-hydrogen) atoms. The van der Waals surface area contributed by atoms with E-state index < -0.39 is 0 Å². The molecule has 116 valence electrons. The molecule has 0 saturated carbocycles. The van der Waals surface area contributed by atoms with Crippen LogP contribution in [0.5, 0.6) is 0 Å². The van der Waals surface area contributed by atoms with Crippen LogP contribution in [0.25, 0.3) is 0 Å². The van der Waals surface area contributed by atoms with E-state index in [0.717, 1.165) is 45.2 Å². The first-order valence-corrected chi connectivity index (χ1v) is 7.74. The highest BCUT2D eigenvalue weighted by molar-refractivity contribution is 5.88. The molecule has 1 aliphatic heterocycles. The molecule has 2 aliphatic rings. The molecule has 2 atom stereocenters. The summed E-state index contributed by atoms with van der Waals surface area (Å²) in [4.78, 5) is 15.0. The minimum atomic E-state index is -0.355. The van der Waals surface area contributed by atoms with E-state index in [-0.39, 0.29) is 29.8 Å². The maximum absolute atomic E-state index is 13.1. The van der Waals surface area contributed by atoms with Crippen LogP contribution in [-0.2, 0) is 16.6 Å². The topological polar surface area (TPSA) is 46.3 Å². The summed E-state index contributed by atoms with van der Waals surface area (Å²) in [5.41, 5.74) is 8.26. The van der Waals surface area contributed by atoms with E-state index in [2.05, 4.69) is 31.2 Å². The average molecular weight is 309 g/mol. The van der Waals surface area contributed by atoms with Gasteiger partial charge in [0.05, 0.1) is 5.41 Å². The van der Waals surface area contributed by atoms with E-state index in [1.165, 1.54) is 11.1 Å². The summed E-state index contributed by atoms with van der Waals surface area (Å²) in [6.07, 6.45) is 5.22. The number of hydrogen-bond donors (Lipinski definition) is 1. The van der Waals surface area contributed by atoms with Crippen molar-refractivity contribution in [3.63, 3.8) is 0 Å². The number of amides is 1. The Morgan fingerprint density at radius 3 is 2.86 bits per heavy atom. The van der Waals surface area contributed by atoms with Gasteiger partial charge < -0.3 is 10.6 Å². The molecule has 0 bridgehead atoms. The van der Waals surface area contributed by atoms with Gasteiger partial charge in [-0.3, -0.25) is 4.79 Å². The Morgan fingerprint density at radius 2 is 2.10 bits per heavy atom. The normalized spacial score (nSPS) is 28.5. The molecule has 4 heteroatoms. The first-order valence-electron chi connectivity index (χ1n) is 7.74. The first-order chi connectivity index (χ1) is 9.61. The summed E-state index contributed by atoms with van der Waals surface area (Å²) >= 11 is 0. The van der Waals surface area contributed by atoms with Crippen molar-refractivity contribution in [2.45, 2.75) is 50.5 Å². The highest BCUT2D eigenvalue weighted by Gasteiger charge is 2.41.